The number of carboxylic acid groups (broad SMARTS) is 1. The highest BCUT2D eigenvalue weighted by molar-refractivity contribution is 7.89. The van der Waals surface area contributed by atoms with E-state index in [0.717, 1.165) is 0 Å². The zero-order valence-electron chi connectivity index (χ0n) is 11.9. The van der Waals surface area contributed by atoms with E-state index in [-0.39, 0.29) is 24.0 Å². The molecule has 5 nitrogen and oxygen atoms in total. The predicted octanol–water partition coefficient (Wildman–Crippen LogP) is 1.99. The van der Waals surface area contributed by atoms with Crippen LogP contribution >= 0.6 is 0 Å². The maximum Gasteiger partial charge on any atom is 0.324 e. The zero-order valence-corrected chi connectivity index (χ0v) is 12.7. The summed E-state index contributed by atoms with van der Waals surface area (Å²) in [5, 5.41) is 9.19. The van der Waals surface area contributed by atoms with Crippen LogP contribution in [-0.2, 0) is 14.8 Å². The van der Waals surface area contributed by atoms with Gasteiger partial charge in [-0.2, -0.15) is 4.72 Å². The summed E-state index contributed by atoms with van der Waals surface area (Å²) >= 11 is 0. The molecule has 0 spiro atoms. The van der Waals surface area contributed by atoms with Gasteiger partial charge in [-0.05, 0) is 24.7 Å². The van der Waals surface area contributed by atoms with Gasteiger partial charge in [0.05, 0.1) is 5.75 Å². The molecule has 0 amide bonds. The van der Waals surface area contributed by atoms with E-state index in [1.807, 2.05) is 20.8 Å². The largest absolute Gasteiger partial charge is 0.480 e. The lowest BCUT2D eigenvalue weighted by Crippen LogP contribution is -2.54. The topological polar surface area (TPSA) is 83.5 Å². The number of carbonyl (C=O) groups is 1. The minimum atomic E-state index is -3.57. The van der Waals surface area contributed by atoms with Gasteiger partial charge in [-0.1, -0.05) is 34.6 Å². The molecule has 18 heavy (non-hydrogen) atoms. The van der Waals surface area contributed by atoms with Crippen LogP contribution in [0.3, 0.4) is 0 Å². The van der Waals surface area contributed by atoms with Crippen LogP contribution in [0.2, 0.25) is 0 Å². The molecule has 6 heteroatoms. The van der Waals surface area contributed by atoms with E-state index in [1.54, 1.807) is 13.8 Å². The Hall–Kier alpha value is -0.620. The molecule has 0 aromatic heterocycles. The van der Waals surface area contributed by atoms with E-state index in [0.29, 0.717) is 6.42 Å². The third kappa shape index (κ3) is 5.35. The molecule has 0 heterocycles. The lowest BCUT2D eigenvalue weighted by Gasteiger charge is -2.28. The summed E-state index contributed by atoms with van der Waals surface area (Å²) < 4.78 is 26.2. The van der Waals surface area contributed by atoms with Gasteiger partial charge in [-0.25, -0.2) is 8.42 Å². The van der Waals surface area contributed by atoms with E-state index in [2.05, 4.69) is 4.72 Å². The first-order valence-electron chi connectivity index (χ1n) is 6.23. The first-order valence-corrected chi connectivity index (χ1v) is 7.88. The van der Waals surface area contributed by atoms with E-state index in [4.69, 9.17) is 0 Å². The second-order valence-corrected chi connectivity index (χ2v) is 7.67. The maximum atomic E-state index is 11.9. The average molecular weight is 279 g/mol. The van der Waals surface area contributed by atoms with Crippen molar-refractivity contribution in [2.75, 3.05) is 5.75 Å². The Labute approximate surface area is 110 Å². The average Bonchev–Trinajstić information content (AvgIpc) is 2.22. The number of rotatable bonds is 7. The Morgan fingerprint density at radius 3 is 1.89 bits per heavy atom. The van der Waals surface area contributed by atoms with E-state index in [1.165, 1.54) is 0 Å². The highest BCUT2D eigenvalue weighted by Crippen LogP contribution is 2.21. The van der Waals surface area contributed by atoms with Gasteiger partial charge in [-0.15, -0.1) is 0 Å². The molecular weight excluding hydrogens is 254 g/mol. The van der Waals surface area contributed by atoms with Crippen molar-refractivity contribution < 1.29 is 18.3 Å². The van der Waals surface area contributed by atoms with Crippen LogP contribution in [0.4, 0.5) is 0 Å². The second kappa shape index (κ2) is 6.02. The molecule has 108 valence electrons. The van der Waals surface area contributed by atoms with Crippen LogP contribution in [-0.4, -0.2) is 30.8 Å². The number of hydrogen-bond donors (Lipinski definition) is 2. The number of nitrogens with one attached hydrogen (secondary N) is 1. The number of carboxylic acids is 1. The molecule has 0 saturated carbocycles. The summed E-state index contributed by atoms with van der Waals surface area (Å²) in [7, 11) is -3.57. The summed E-state index contributed by atoms with van der Waals surface area (Å²) in [6.45, 7) is 9.19. The molecule has 0 atom stereocenters. The maximum absolute atomic E-state index is 11.9. The smallest absolute Gasteiger partial charge is 0.324 e. The summed E-state index contributed by atoms with van der Waals surface area (Å²) in [5.74, 6) is -1.17. The molecule has 0 unspecified atom stereocenters. The van der Waals surface area contributed by atoms with Gasteiger partial charge in [0.1, 0.15) is 5.54 Å². The molecule has 0 aliphatic heterocycles. The lowest BCUT2D eigenvalue weighted by molar-refractivity contribution is -0.144. The number of hydrogen-bond acceptors (Lipinski definition) is 3. The fourth-order valence-electron chi connectivity index (χ4n) is 1.53. The van der Waals surface area contributed by atoms with Crippen molar-refractivity contribution in [1.29, 1.82) is 0 Å². The zero-order chi connectivity index (χ0) is 14.6. The van der Waals surface area contributed by atoms with Crippen LogP contribution in [0, 0.1) is 5.41 Å². The van der Waals surface area contributed by atoms with Crippen molar-refractivity contribution in [3.05, 3.63) is 0 Å². The normalized spacial score (nSPS) is 13.6. The molecule has 0 saturated heterocycles. The second-order valence-electron chi connectivity index (χ2n) is 5.83. The van der Waals surface area contributed by atoms with Gasteiger partial charge in [0.15, 0.2) is 0 Å². The van der Waals surface area contributed by atoms with Gasteiger partial charge in [0, 0.05) is 0 Å². The summed E-state index contributed by atoms with van der Waals surface area (Å²) in [4.78, 5) is 11.2. The minimum Gasteiger partial charge on any atom is -0.480 e. The molecule has 0 aliphatic carbocycles. The van der Waals surface area contributed by atoms with Gasteiger partial charge in [-0.3, -0.25) is 4.79 Å². The fraction of sp³-hybridized carbons (Fsp3) is 0.917. The van der Waals surface area contributed by atoms with E-state index < -0.39 is 21.5 Å². The van der Waals surface area contributed by atoms with Gasteiger partial charge in [0.25, 0.3) is 0 Å². The molecule has 0 radical (unpaired) electrons. The van der Waals surface area contributed by atoms with Crippen molar-refractivity contribution >= 4 is 16.0 Å². The first-order chi connectivity index (χ1) is 7.98. The Bertz CT molecular complexity index is 377. The third-order valence-corrected chi connectivity index (χ3v) is 4.53. The van der Waals surface area contributed by atoms with E-state index in [9.17, 15) is 18.3 Å². The summed E-state index contributed by atoms with van der Waals surface area (Å²) in [6, 6.07) is 0. The molecule has 0 bridgehead atoms. The van der Waals surface area contributed by atoms with Crippen molar-refractivity contribution in [2.45, 2.75) is 59.4 Å². The Morgan fingerprint density at radius 2 is 1.61 bits per heavy atom. The van der Waals surface area contributed by atoms with Crippen molar-refractivity contribution in [2.24, 2.45) is 5.41 Å². The molecule has 0 aromatic rings. The van der Waals surface area contributed by atoms with Gasteiger partial charge < -0.3 is 5.11 Å². The number of aliphatic carboxylic acids is 1. The molecule has 0 aromatic carbocycles. The minimum absolute atomic E-state index is 0.0501. The molecular formula is C12H25NO4S. The fourth-order valence-corrected chi connectivity index (χ4v) is 3.48. The van der Waals surface area contributed by atoms with Crippen LogP contribution in [0.25, 0.3) is 0 Å². The molecule has 0 aliphatic rings. The Kier molecular flexibility index (Phi) is 5.81. The highest BCUT2D eigenvalue weighted by Gasteiger charge is 2.38. The van der Waals surface area contributed by atoms with Gasteiger partial charge >= 0.3 is 5.97 Å². The predicted molar refractivity (Wildman–Crippen MR) is 71.9 cm³/mol. The van der Waals surface area contributed by atoms with Crippen LogP contribution in [0.5, 0.6) is 0 Å². The summed E-state index contributed by atoms with van der Waals surface area (Å²) in [5.41, 5.74) is -1.48. The highest BCUT2D eigenvalue weighted by atomic mass is 32.2. The van der Waals surface area contributed by atoms with Crippen molar-refractivity contribution in [3.63, 3.8) is 0 Å². The van der Waals surface area contributed by atoms with Crippen molar-refractivity contribution in [3.8, 4) is 0 Å². The van der Waals surface area contributed by atoms with E-state index >= 15 is 0 Å². The van der Waals surface area contributed by atoms with Crippen LogP contribution in [0.15, 0.2) is 0 Å². The number of sulfonamides is 1. The standard InChI is InChI=1S/C12H25NO4S/c1-6-12(7-2,10(14)15)13-18(16,17)9-8-11(3,4)5/h13H,6-9H2,1-5H3,(H,14,15). The Balaban J connectivity index is 4.89. The molecule has 2 N–H and O–H groups in total. The quantitative estimate of drug-likeness (QED) is 0.746. The third-order valence-electron chi connectivity index (χ3n) is 3.09. The van der Waals surface area contributed by atoms with Gasteiger partial charge in [0.2, 0.25) is 10.0 Å². The lowest BCUT2D eigenvalue weighted by atomic mass is 9.94. The molecule has 0 rings (SSSR count). The molecule has 0 fully saturated rings. The first kappa shape index (κ1) is 17.4. The van der Waals surface area contributed by atoms with Crippen LogP contribution < -0.4 is 4.72 Å². The van der Waals surface area contributed by atoms with Crippen molar-refractivity contribution in [1.82, 2.24) is 4.72 Å². The SMILES string of the molecule is CCC(CC)(NS(=O)(=O)CCC(C)(C)C)C(=O)O. The Morgan fingerprint density at radius 1 is 1.17 bits per heavy atom. The van der Waals surface area contributed by atoms with Crippen LogP contribution in [0.1, 0.15) is 53.9 Å². The summed E-state index contributed by atoms with van der Waals surface area (Å²) in [6.07, 6.45) is 0.951. The monoisotopic (exact) mass is 279 g/mol.